The predicted octanol–water partition coefficient (Wildman–Crippen LogP) is 3.85. The molecule has 0 spiro atoms. The maximum absolute atomic E-state index is 13.0. The number of carbonyl (C=O) groups excluding carboxylic acids is 1. The summed E-state index contributed by atoms with van der Waals surface area (Å²) in [5, 5.41) is 0. The summed E-state index contributed by atoms with van der Waals surface area (Å²) < 4.78 is 0. The normalized spacial score (nSPS) is 43.1. The number of hydrogen-bond acceptors (Lipinski definition) is 1. The van der Waals surface area contributed by atoms with Gasteiger partial charge in [0.1, 0.15) is 0 Å². The lowest BCUT2D eigenvalue weighted by Gasteiger charge is -2.47. The van der Waals surface area contributed by atoms with Crippen LogP contribution in [0.3, 0.4) is 0 Å². The first kappa shape index (κ1) is 13.5. The zero-order valence-electron chi connectivity index (χ0n) is 12.7. The first-order valence-electron chi connectivity index (χ1n) is 8.36. The number of fused-ring (bicyclic) bond motifs is 2. The van der Waals surface area contributed by atoms with E-state index in [4.69, 9.17) is 0 Å². The maximum Gasteiger partial charge on any atom is 0.228 e. The van der Waals surface area contributed by atoms with Crippen molar-refractivity contribution in [1.29, 1.82) is 0 Å². The third-order valence-corrected chi connectivity index (χ3v) is 5.83. The molecule has 0 aromatic carbocycles. The molecule has 0 aromatic heterocycles. The van der Waals surface area contributed by atoms with Crippen LogP contribution >= 0.6 is 0 Å². The molecule has 2 heteroatoms. The summed E-state index contributed by atoms with van der Waals surface area (Å²) in [6.45, 7) is 6.56. The Balaban J connectivity index is 1.71. The fraction of sp³-hybridized carbons (Fsp3) is 0.941. The molecule has 0 radical (unpaired) electrons. The van der Waals surface area contributed by atoms with Gasteiger partial charge in [-0.05, 0) is 49.9 Å². The van der Waals surface area contributed by atoms with E-state index in [1.54, 1.807) is 0 Å². The Morgan fingerprint density at radius 2 is 1.79 bits per heavy atom. The van der Waals surface area contributed by atoms with Gasteiger partial charge >= 0.3 is 0 Å². The Bertz CT molecular complexity index is 339. The van der Waals surface area contributed by atoms with Crippen LogP contribution in [-0.2, 0) is 4.79 Å². The van der Waals surface area contributed by atoms with Crippen LogP contribution in [0.25, 0.3) is 0 Å². The van der Waals surface area contributed by atoms with Crippen molar-refractivity contribution in [3.63, 3.8) is 0 Å². The van der Waals surface area contributed by atoms with Gasteiger partial charge in [0.2, 0.25) is 5.91 Å². The first-order valence-corrected chi connectivity index (χ1v) is 8.36. The van der Waals surface area contributed by atoms with E-state index < -0.39 is 0 Å². The molecule has 3 fully saturated rings. The lowest BCUT2D eigenvalue weighted by atomic mass is 9.61. The Morgan fingerprint density at radius 1 is 1.11 bits per heavy atom. The molecule has 2 nitrogen and oxygen atoms in total. The van der Waals surface area contributed by atoms with Crippen LogP contribution in [0.15, 0.2) is 0 Å². The zero-order chi connectivity index (χ0) is 13.5. The van der Waals surface area contributed by atoms with Gasteiger partial charge in [0, 0.05) is 18.5 Å². The molecule has 0 N–H and O–H groups in total. The Kier molecular flexibility index (Phi) is 3.61. The number of piperidine rings is 1. The largest absolute Gasteiger partial charge is 0.342 e. The molecular formula is C17H29NO. The summed E-state index contributed by atoms with van der Waals surface area (Å²) in [5.74, 6) is 2.85. The minimum Gasteiger partial charge on any atom is -0.342 e. The number of rotatable bonds is 1. The third kappa shape index (κ3) is 2.68. The Hall–Kier alpha value is -0.530. The maximum atomic E-state index is 13.0. The molecule has 19 heavy (non-hydrogen) atoms. The lowest BCUT2D eigenvalue weighted by Crippen LogP contribution is -2.50. The number of carbonyl (C=O) groups is 1. The average Bonchev–Trinajstić information content (AvgIpc) is 2.37. The number of nitrogens with zero attached hydrogens (tertiary/aromatic N) is 1. The van der Waals surface area contributed by atoms with Crippen LogP contribution in [-0.4, -0.2) is 23.9 Å². The summed E-state index contributed by atoms with van der Waals surface area (Å²) in [6, 6.07) is 0. The quantitative estimate of drug-likeness (QED) is 0.703. The van der Waals surface area contributed by atoms with Gasteiger partial charge in [-0.15, -0.1) is 0 Å². The van der Waals surface area contributed by atoms with Crippen molar-refractivity contribution in [2.24, 2.45) is 23.2 Å². The van der Waals surface area contributed by atoms with E-state index in [1.807, 2.05) is 0 Å². The van der Waals surface area contributed by atoms with Gasteiger partial charge in [-0.3, -0.25) is 4.79 Å². The van der Waals surface area contributed by atoms with E-state index in [0.717, 1.165) is 37.8 Å². The summed E-state index contributed by atoms with van der Waals surface area (Å²) in [5.41, 5.74) is -0.0366. The molecule has 1 aliphatic heterocycles. The highest BCUT2D eigenvalue weighted by Crippen LogP contribution is 2.49. The van der Waals surface area contributed by atoms with Crippen LogP contribution < -0.4 is 0 Å². The molecule has 2 saturated carbocycles. The summed E-state index contributed by atoms with van der Waals surface area (Å²) >= 11 is 0. The van der Waals surface area contributed by atoms with E-state index in [0.29, 0.717) is 11.8 Å². The van der Waals surface area contributed by atoms with Crippen molar-refractivity contribution in [2.75, 3.05) is 13.1 Å². The van der Waals surface area contributed by atoms with E-state index in [-0.39, 0.29) is 5.41 Å². The highest BCUT2D eigenvalue weighted by Gasteiger charge is 2.45. The summed E-state index contributed by atoms with van der Waals surface area (Å²) in [4.78, 5) is 15.2. The third-order valence-electron chi connectivity index (χ3n) is 5.83. The zero-order valence-corrected chi connectivity index (χ0v) is 12.7. The van der Waals surface area contributed by atoms with Crippen LogP contribution in [0.4, 0.5) is 0 Å². The average molecular weight is 263 g/mol. The van der Waals surface area contributed by atoms with Crippen molar-refractivity contribution < 1.29 is 4.79 Å². The van der Waals surface area contributed by atoms with E-state index in [1.165, 1.54) is 38.5 Å². The fourth-order valence-electron chi connectivity index (χ4n) is 5.06. The number of amides is 1. The highest BCUT2D eigenvalue weighted by atomic mass is 16.2. The molecule has 108 valence electrons. The molecule has 1 amide bonds. The second-order valence-electron chi connectivity index (χ2n) is 7.87. The molecule has 0 aromatic rings. The highest BCUT2D eigenvalue weighted by molar-refractivity contribution is 5.82. The number of likely N-dealkylation sites (tertiary alicyclic amines) is 1. The number of hydrogen-bond donors (Lipinski definition) is 0. The van der Waals surface area contributed by atoms with Crippen molar-refractivity contribution >= 4 is 5.91 Å². The molecular weight excluding hydrogens is 234 g/mol. The van der Waals surface area contributed by atoms with E-state index in [2.05, 4.69) is 18.7 Å². The molecule has 3 unspecified atom stereocenters. The van der Waals surface area contributed by atoms with E-state index in [9.17, 15) is 4.79 Å². The molecule has 3 atom stereocenters. The van der Waals surface area contributed by atoms with Gasteiger partial charge in [0.05, 0.1) is 0 Å². The van der Waals surface area contributed by atoms with E-state index >= 15 is 0 Å². The minimum absolute atomic E-state index is 0.0366. The van der Waals surface area contributed by atoms with Gasteiger partial charge in [-0.25, -0.2) is 0 Å². The second kappa shape index (κ2) is 5.10. The van der Waals surface area contributed by atoms with Gasteiger partial charge in [-0.1, -0.05) is 33.1 Å². The SMILES string of the molecule is CC1CCCN(C(=O)C2(C)CC3CCCC(C3)C2)C1. The molecule has 3 aliphatic rings. The molecule has 2 bridgehead atoms. The Labute approximate surface area is 117 Å². The van der Waals surface area contributed by atoms with Crippen LogP contribution in [0.1, 0.15) is 65.2 Å². The molecule has 3 rings (SSSR count). The first-order chi connectivity index (χ1) is 9.07. The van der Waals surface area contributed by atoms with Gasteiger partial charge in [0.15, 0.2) is 0 Å². The van der Waals surface area contributed by atoms with Crippen molar-refractivity contribution in [3.8, 4) is 0 Å². The summed E-state index contributed by atoms with van der Waals surface area (Å²) in [7, 11) is 0. The minimum atomic E-state index is -0.0366. The van der Waals surface area contributed by atoms with Crippen LogP contribution in [0.5, 0.6) is 0 Å². The topological polar surface area (TPSA) is 20.3 Å². The lowest BCUT2D eigenvalue weighted by molar-refractivity contribution is -0.148. The smallest absolute Gasteiger partial charge is 0.228 e. The van der Waals surface area contributed by atoms with Crippen LogP contribution in [0, 0.1) is 23.2 Å². The van der Waals surface area contributed by atoms with Gasteiger partial charge < -0.3 is 4.90 Å². The predicted molar refractivity (Wildman–Crippen MR) is 77.8 cm³/mol. The fourth-order valence-corrected chi connectivity index (χ4v) is 5.06. The molecule has 1 saturated heterocycles. The van der Waals surface area contributed by atoms with Crippen LogP contribution in [0.2, 0.25) is 0 Å². The van der Waals surface area contributed by atoms with Crippen molar-refractivity contribution in [1.82, 2.24) is 4.90 Å². The summed E-state index contributed by atoms with van der Waals surface area (Å²) in [6.07, 6.45) is 10.4. The molecule has 2 aliphatic carbocycles. The van der Waals surface area contributed by atoms with Crippen molar-refractivity contribution in [3.05, 3.63) is 0 Å². The van der Waals surface area contributed by atoms with Gasteiger partial charge in [-0.2, -0.15) is 0 Å². The van der Waals surface area contributed by atoms with Gasteiger partial charge in [0.25, 0.3) is 0 Å². The van der Waals surface area contributed by atoms with Crippen molar-refractivity contribution in [2.45, 2.75) is 65.2 Å². The molecule has 1 heterocycles. The standard InChI is InChI=1S/C17H29NO/c1-13-5-4-8-18(12-13)16(19)17(2)10-14-6-3-7-15(9-14)11-17/h13-15H,3-12H2,1-2H3. The second-order valence-corrected chi connectivity index (χ2v) is 7.87. The Morgan fingerprint density at radius 3 is 2.42 bits per heavy atom. The monoisotopic (exact) mass is 263 g/mol.